The van der Waals surface area contributed by atoms with Crippen LogP contribution in [-0.4, -0.2) is 49.1 Å². The van der Waals surface area contributed by atoms with E-state index in [0.29, 0.717) is 13.1 Å². The summed E-state index contributed by atoms with van der Waals surface area (Å²) < 4.78 is 0. The Kier molecular flexibility index (Phi) is 3.31. The maximum absolute atomic E-state index is 11.5. The van der Waals surface area contributed by atoms with E-state index in [4.69, 9.17) is 5.73 Å². The van der Waals surface area contributed by atoms with E-state index in [2.05, 4.69) is 6.58 Å². The highest BCUT2D eigenvalue weighted by atomic mass is 16.2. The quantitative estimate of drug-likeness (QED) is 0.638. The molecule has 1 heterocycles. The lowest BCUT2D eigenvalue weighted by atomic mass is 10.2. The van der Waals surface area contributed by atoms with Crippen LogP contribution in [0.4, 0.5) is 4.79 Å². The van der Waals surface area contributed by atoms with E-state index in [0.717, 1.165) is 25.1 Å². The lowest BCUT2D eigenvalue weighted by molar-refractivity contribution is 0.146. The van der Waals surface area contributed by atoms with Gasteiger partial charge in [0.25, 0.3) is 0 Å². The van der Waals surface area contributed by atoms with Crippen molar-refractivity contribution in [1.29, 1.82) is 0 Å². The predicted molar refractivity (Wildman–Crippen MR) is 52.4 cm³/mol. The molecular formula is C9H17N3O. The number of hydrogen-bond donors (Lipinski definition) is 1. The number of carbonyl (C=O) groups excluding carboxylic acids is 1. The van der Waals surface area contributed by atoms with Crippen LogP contribution in [0, 0.1) is 0 Å². The topological polar surface area (TPSA) is 49.6 Å². The van der Waals surface area contributed by atoms with Crippen molar-refractivity contribution in [3.8, 4) is 0 Å². The van der Waals surface area contributed by atoms with Crippen LogP contribution in [0.5, 0.6) is 0 Å². The SMILES string of the molecule is C=C(CN)CN1CCCN(C)C1=O. The zero-order valence-electron chi connectivity index (χ0n) is 8.12. The van der Waals surface area contributed by atoms with Gasteiger partial charge < -0.3 is 15.5 Å². The van der Waals surface area contributed by atoms with Crippen LogP contribution in [0.3, 0.4) is 0 Å². The molecule has 74 valence electrons. The summed E-state index contributed by atoms with van der Waals surface area (Å²) in [5.41, 5.74) is 6.32. The third kappa shape index (κ3) is 2.45. The van der Waals surface area contributed by atoms with Crippen molar-refractivity contribution >= 4 is 6.03 Å². The lowest BCUT2D eigenvalue weighted by Crippen LogP contribution is -2.48. The maximum atomic E-state index is 11.5. The molecular weight excluding hydrogens is 166 g/mol. The summed E-state index contributed by atoms with van der Waals surface area (Å²) in [6.45, 7) is 6.51. The Morgan fingerprint density at radius 2 is 2.31 bits per heavy atom. The van der Waals surface area contributed by atoms with Crippen molar-refractivity contribution in [2.24, 2.45) is 5.73 Å². The number of amides is 2. The normalized spacial score (nSPS) is 17.8. The Hall–Kier alpha value is -1.03. The van der Waals surface area contributed by atoms with E-state index in [1.54, 1.807) is 9.80 Å². The minimum absolute atomic E-state index is 0.0841. The van der Waals surface area contributed by atoms with Gasteiger partial charge in [0, 0.05) is 33.2 Å². The van der Waals surface area contributed by atoms with Crippen LogP contribution in [0.15, 0.2) is 12.2 Å². The van der Waals surface area contributed by atoms with Gasteiger partial charge in [-0.05, 0) is 12.0 Å². The summed E-state index contributed by atoms with van der Waals surface area (Å²) in [4.78, 5) is 15.1. The van der Waals surface area contributed by atoms with Gasteiger partial charge in [-0.15, -0.1) is 0 Å². The molecule has 1 rings (SSSR count). The first-order valence-corrected chi connectivity index (χ1v) is 4.52. The molecule has 1 saturated heterocycles. The molecule has 2 N–H and O–H groups in total. The van der Waals surface area contributed by atoms with Gasteiger partial charge in [0.05, 0.1) is 0 Å². The summed E-state index contributed by atoms with van der Waals surface area (Å²) in [7, 11) is 1.82. The van der Waals surface area contributed by atoms with Gasteiger partial charge in [-0.1, -0.05) is 6.58 Å². The molecule has 4 heteroatoms. The molecule has 0 atom stereocenters. The molecule has 1 aliphatic rings. The van der Waals surface area contributed by atoms with Gasteiger partial charge in [-0.3, -0.25) is 0 Å². The third-order valence-corrected chi connectivity index (χ3v) is 2.22. The van der Waals surface area contributed by atoms with E-state index >= 15 is 0 Å². The summed E-state index contributed by atoms with van der Waals surface area (Å²) in [6, 6.07) is 0.0841. The Labute approximate surface area is 79.0 Å². The Morgan fingerprint density at radius 3 is 2.92 bits per heavy atom. The highest BCUT2D eigenvalue weighted by molar-refractivity contribution is 5.75. The zero-order chi connectivity index (χ0) is 9.84. The minimum atomic E-state index is 0.0841. The monoisotopic (exact) mass is 183 g/mol. The molecule has 2 amide bonds. The largest absolute Gasteiger partial charge is 0.328 e. The van der Waals surface area contributed by atoms with Gasteiger partial charge in [0.2, 0.25) is 0 Å². The minimum Gasteiger partial charge on any atom is -0.328 e. The number of nitrogens with zero attached hydrogens (tertiary/aromatic N) is 2. The van der Waals surface area contributed by atoms with Crippen molar-refractivity contribution in [2.45, 2.75) is 6.42 Å². The molecule has 0 unspecified atom stereocenters. The smallest absolute Gasteiger partial charge is 0.320 e. The van der Waals surface area contributed by atoms with E-state index < -0.39 is 0 Å². The first-order chi connectivity index (χ1) is 6.15. The number of urea groups is 1. The van der Waals surface area contributed by atoms with Gasteiger partial charge in [-0.2, -0.15) is 0 Å². The van der Waals surface area contributed by atoms with Gasteiger partial charge in [0.15, 0.2) is 0 Å². The van der Waals surface area contributed by atoms with E-state index in [1.165, 1.54) is 0 Å². The summed E-state index contributed by atoms with van der Waals surface area (Å²) >= 11 is 0. The number of hydrogen-bond acceptors (Lipinski definition) is 2. The van der Waals surface area contributed by atoms with Crippen molar-refractivity contribution < 1.29 is 4.79 Å². The second-order valence-electron chi connectivity index (χ2n) is 3.43. The van der Waals surface area contributed by atoms with E-state index in [1.807, 2.05) is 7.05 Å². The molecule has 4 nitrogen and oxygen atoms in total. The highest BCUT2D eigenvalue weighted by Gasteiger charge is 2.22. The van der Waals surface area contributed by atoms with Crippen molar-refractivity contribution in [3.63, 3.8) is 0 Å². The van der Waals surface area contributed by atoms with E-state index in [9.17, 15) is 4.79 Å². The summed E-state index contributed by atoms with van der Waals surface area (Å²) in [5, 5.41) is 0. The van der Waals surface area contributed by atoms with Gasteiger partial charge in [0.1, 0.15) is 0 Å². The number of nitrogens with two attached hydrogens (primary N) is 1. The number of carbonyl (C=O) groups is 1. The predicted octanol–water partition coefficient (Wildman–Crippen LogP) is 0.259. The second kappa shape index (κ2) is 4.28. The molecule has 0 aliphatic carbocycles. The molecule has 0 radical (unpaired) electrons. The van der Waals surface area contributed by atoms with Crippen LogP contribution in [0.1, 0.15) is 6.42 Å². The summed E-state index contributed by atoms with van der Waals surface area (Å²) in [5.74, 6) is 0. The Morgan fingerprint density at radius 1 is 1.62 bits per heavy atom. The Balaban J connectivity index is 2.49. The first-order valence-electron chi connectivity index (χ1n) is 4.52. The molecule has 0 bridgehead atoms. The van der Waals surface area contributed by atoms with Crippen molar-refractivity contribution in [2.75, 3.05) is 33.2 Å². The fourth-order valence-corrected chi connectivity index (χ4v) is 1.41. The fraction of sp³-hybridized carbons (Fsp3) is 0.667. The molecule has 0 saturated carbocycles. The molecule has 1 fully saturated rings. The molecule has 13 heavy (non-hydrogen) atoms. The standard InChI is InChI=1S/C9H17N3O/c1-8(6-10)7-12-5-3-4-11(2)9(12)13/h1,3-7,10H2,2H3. The van der Waals surface area contributed by atoms with Crippen molar-refractivity contribution in [3.05, 3.63) is 12.2 Å². The molecule has 0 spiro atoms. The first kappa shape index (κ1) is 10.1. The molecule has 0 aromatic carbocycles. The van der Waals surface area contributed by atoms with Crippen LogP contribution in [0.2, 0.25) is 0 Å². The third-order valence-electron chi connectivity index (χ3n) is 2.22. The highest BCUT2D eigenvalue weighted by Crippen LogP contribution is 2.08. The zero-order valence-corrected chi connectivity index (χ0v) is 8.12. The molecule has 1 aliphatic heterocycles. The van der Waals surface area contributed by atoms with Crippen LogP contribution in [0.25, 0.3) is 0 Å². The molecule has 0 aromatic heterocycles. The van der Waals surface area contributed by atoms with Crippen LogP contribution >= 0.6 is 0 Å². The number of rotatable bonds is 3. The lowest BCUT2D eigenvalue weighted by Gasteiger charge is -2.33. The Bertz CT molecular complexity index is 215. The van der Waals surface area contributed by atoms with Gasteiger partial charge >= 0.3 is 6.03 Å². The van der Waals surface area contributed by atoms with Crippen LogP contribution in [-0.2, 0) is 0 Å². The van der Waals surface area contributed by atoms with E-state index in [-0.39, 0.29) is 6.03 Å². The average molecular weight is 183 g/mol. The van der Waals surface area contributed by atoms with Gasteiger partial charge in [-0.25, -0.2) is 4.79 Å². The molecule has 0 aromatic rings. The second-order valence-corrected chi connectivity index (χ2v) is 3.43. The average Bonchev–Trinajstić information content (AvgIpc) is 2.13. The fourth-order valence-electron chi connectivity index (χ4n) is 1.41. The maximum Gasteiger partial charge on any atom is 0.320 e. The summed E-state index contributed by atoms with van der Waals surface area (Å²) in [6.07, 6.45) is 1.03. The van der Waals surface area contributed by atoms with Crippen molar-refractivity contribution in [1.82, 2.24) is 9.80 Å². The van der Waals surface area contributed by atoms with Crippen LogP contribution < -0.4 is 5.73 Å².